The number of carbonyl (C=O) groups is 1. The van der Waals surface area contributed by atoms with Crippen LogP contribution in [0.4, 0.5) is 13.2 Å². The number of aromatic nitrogens is 4. The monoisotopic (exact) mass is 465 g/mol. The number of halogens is 3. The first kappa shape index (κ1) is 22.0. The van der Waals surface area contributed by atoms with Crippen molar-refractivity contribution in [1.29, 1.82) is 0 Å². The zero-order valence-electron chi connectivity index (χ0n) is 17.0. The van der Waals surface area contributed by atoms with Crippen LogP contribution in [0.5, 0.6) is 0 Å². The molecule has 0 bridgehead atoms. The molecule has 0 spiro atoms. The van der Waals surface area contributed by atoms with Crippen LogP contribution in [-0.2, 0) is 23.0 Å². The first-order valence-corrected chi connectivity index (χ1v) is 11.5. The fourth-order valence-electron chi connectivity index (χ4n) is 3.39. The van der Waals surface area contributed by atoms with E-state index in [1.807, 2.05) is 0 Å². The molecule has 1 amide bonds. The summed E-state index contributed by atoms with van der Waals surface area (Å²) < 4.78 is 56.5. The number of rotatable bonds is 4. The van der Waals surface area contributed by atoms with Crippen LogP contribution in [0.15, 0.2) is 46.8 Å². The average Bonchev–Trinajstić information content (AvgIpc) is 3.21. The molecule has 2 heterocycles. The summed E-state index contributed by atoms with van der Waals surface area (Å²) in [7, 11) is -1.27. The maximum atomic E-state index is 12.9. The second-order valence-corrected chi connectivity index (χ2v) is 9.77. The fourth-order valence-corrected chi connectivity index (χ4v) is 4.28. The molecule has 0 aliphatic carbocycles. The van der Waals surface area contributed by atoms with Crippen LogP contribution in [0.1, 0.15) is 15.9 Å². The molecule has 4 aromatic rings. The average molecular weight is 465 g/mol. The van der Waals surface area contributed by atoms with E-state index in [0.717, 1.165) is 12.1 Å². The number of nitrogens with zero attached hydrogens (tertiary/aromatic N) is 5. The summed E-state index contributed by atoms with van der Waals surface area (Å²) in [4.78, 5) is 13.9. The highest BCUT2D eigenvalue weighted by Gasteiger charge is 2.30. The van der Waals surface area contributed by atoms with E-state index in [1.165, 1.54) is 35.3 Å². The number of alkyl halides is 3. The molecule has 0 saturated heterocycles. The second-order valence-electron chi connectivity index (χ2n) is 7.26. The topological polar surface area (TPSA) is 102 Å². The predicted octanol–water partition coefficient (Wildman–Crippen LogP) is 3.16. The molecule has 0 fully saturated rings. The molecule has 1 unspecified atom stereocenters. The molecule has 4 rings (SSSR count). The van der Waals surface area contributed by atoms with Crippen LogP contribution in [0, 0.1) is 0 Å². The molecule has 2 aromatic carbocycles. The molecule has 32 heavy (non-hydrogen) atoms. The summed E-state index contributed by atoms with van der Waals surface area (Å²) in [5, 5.41) is 18.2. The van der Waals surface area contributed by atoms with Gasteiger partial charge in [0.1, 0.15) is 5.52 Å². The summed E-state index contributed by atoms with van der Waals surface area (Å²) in [5.74, 6) is -0.827. The van der Waals surface area contributed by atoms with Crippen molar-refractivity contribution < 1.29 is 27.3 Å². The lowest BCUT2D eigenvalue weighted by atomic mass is 10.1. The largest absolute Gasteiger partial charge is 0.416 e. The van der Waals surface area contributed by atoms with E-state index in [0.29, 0.717) is 27.8 Å². The first-order chi connectivity index (χ1) is 15.0. The molecule has 168 valence electrons. The molecular weight excluding hydrogens is 447 g/mol. The van der Waals surface area contributed by atoms with Crippen molar-refractivity contribution in [2.45, 2.75) is 6.18 Å². The Balaban J connectivity index is 1.88. The molecule has 1 N–H and O–H groups in total. The van der Waals surface area contributed by atoms with Gasteiger partial charge in [-0.15, -0.1) is 5.10 Å². The molecule has 12 heteroatoms. The third-order valence-electron chi connectivity index (χ3n) is 4.85. The molecule has 8 nitrogen and oxygen atoms in total. The van der Waals surface area contributed by atoms with Gasteiger partial charge in [-0.3, -0.25) is 9.36 Å². The SMILES string of the molecule is Cn1nc2c3cc(C(=O)N=S(C)(=O)CCO)ccc3n(-c3ccc(C(F)(F)F)cc3)c2n1. The molecular formula is C20H18F3N5O3S. The molecule has 0 saturated carbocycles. The van der Waals surface area contributed by atoms with Crippen LogP contribution in [0.25, 0.3) is 27.8 Å². The maximum Gasteiger partial charge on any atom is 0.416 e. The Bertz CT molecular complexity index is 1460. The van der Waals surface area contributed by atoms with Gasteiger partial charge in [0.2, 0.25) is 0 Å². The quantitative estimate of drug-likeness (QED) is 0.499. The van der Waals surface area contributed by atoms with Crippen molar-refractivity contribution in [3.63, 3.8) is 0 Å². The van der Waals surface area contributed by atoms with Crippen molar-refractivity contribution in [3.8, 4) is 5.69 Å². The lowest BCUT2D eigenvalue weighted by molar-refractivity contribution is -0.137. The smallest absolute Gasteiger partial charge is 0.395 e. The number of amides is 1. The molecule has 0 aliphatic rings. The number of aryl methyl sites for hydroxylation is 1. The van der Waals surface area contributed by atoms with Gasteiger partial charge in [-0.25, -0.2) is 4.21 Å². The lowest BCUT2D eigenvalue weighted by Crippen LogP contribution is -2.10. The van der Waals surface area contributed by atoms with Crippen LogP contribution >= 0.6 is 0 Å². The Morgan fingerprint density at radius 1 is 1.16 bits per heavy atom. The Hall–Kier alpha value is -3.25. The minimum Gasteiger partial charge on any atom is -0.395 e. The molecule has 0 aliphatic heterocycles. The summed E-state index contributed by atoms with van der Waals surface area (Å²) in [6, 6.07) is 9.29. The van der Waals surface area contributed by atoms with Crippen LogP contribution in [0.2, 0.25) is 0 Å². The zero-order chi connectivity index (χ0) is 23.3. The number of carbonyl (C=O) groups excluding carboxylic acids is 1. The number of hydrogen-bond acceptors (Lipinski definition) is 5. The van der Waals surface area contributed by atoms with E-state index < -0.39 is 27.4 Å². The minimum absolute atomic E-state index is 0.125. The molecule has 2 aromatic heterocycles. The Labute approximate surface area is 180 Å². The lowest BCUT2D eigenvalue weighted by Gasteiger charge is -2.10. The van der Waals surface area contributed by atoms with Gasteiger partial charge in [0.05, 0.1) is 33.2 Å². The van der Waals surface area contributed by atoms with E-state index in [-0.39, 0.29) is 17.9 Å². The van der Waals surface area contributed by atoms with Gasteiger partial charge in [0.15, 0.2) is 5.65 Å². The van der Waals surface area contributed by atoms with Gasteiger partial charge in [-0.05, 0) is 42.5 Å². The maximum absolute atomic E-state index is 12.9. The van der Waals surface area contributed by atoms with Crippen molar-refractivity contribution in [2.24, 2.45) is 11.4 Å². The summed E-state index contributed by atoms with van der Waals surface area (Å²) in [6.45, 7) is -0.360. The normalized spacial score (nSPS) is 14.1. The third-order valence-corrected chi connectivity index (χ3v) is 6.34. The van der Waals surface area contributed by atoms with Gasteiger partial charge in [-0.2, -0.15) is 27.4 Å². The van der Waals surface area contributed by atoms with Crippen LogP contribution in [-0.4, -0.2) is 53.4 Å². The fraction of sp³-hybridized carbons (Fsp3) is 0.250. The van der Waals surface area contributed by atoms with Crippen molar-refractivity contribution in [3.05, 3.63) is 53.6 Å². The zero-order valence-corrected chi connectivity index (χ0v) is 17.8. The number of benzene rings is 2. The highest BCUT2D eigenvalue weighted by molar-refractivity contribution is 7.93. The summed E-state index contributed by atoms with van der Waals surface area (Å²) in [6.07, 6.45) is -3.16. The van der Waals surface area contributed by atoms with Crippen molar-refractivity contribution >= 4 is 37.7 Å². The minimum atomic E-state index is -4.45. The van der Waals surface area contributed by atoms with Gasteiger partial charge in [0, 0.05) is 29.9 Å². The van der Waals surface area contributed by atoms with E-state index in [4.69, 9.17) is 5.11 Å². The third kappa shape index (κ3) is 3.98. The standard InChI is InChI=1S/C20H18F3N5O3S/c1-27-24-17-15-11-12(19(30)26-32(2,31)10-9-29)3-8-16(15)28(18(17)25-27)14-6-4-13(5-7-14)20(21,22)23/h3-8,11,29H,9-10H2,1-2H3. The Morgan fingerprint density at radius 2 is 1.84 bits per heavy atom. The summed E-state index contributed by atoms with van der Waals surface area (Å²) >= 11 is 0. The van der Waals surface area contributed by atoms with Gasteiger partial charge >= 0.3 is 6.18 Å². The second kappa shape index (κ2) is 7.71. The highest BCUT2D eigenvalue weighted by atomic mass is 32.2. The van der Waals surface area contributed by atoms with Gasteiger partial charge in [-0.1, -0.05) is 0 Å². The molecule has 0 radical (unpaired) electrons. The van der Waals surface area contributed by atoms with Crippen LogP contribution < -0.4 is 0 Å². The number of fused-ring (bicyclic) bond motifs is 3. The van der Waals surface area contributed by atoms with Crippen molar-refractivity contribution in [1.82, 2.24) is 19.6 Å². The molecule has 1 atom stereocenters. The number of hydrogen-bond donors (Lipinski definition) is 1. The summed E-state index contributed by atoms with van der Waals surface area (Å²) in [5.41, 5.74) is 1.28. The van der Waals surface area contributed by atoms with E-state index in [2.05, 4.69) is 14.6 Å². The van der Waals surface area contributed by atoms with E-state index in [9.17, 15) is 22.2 Å². The highest BCUT2D eigenvalue weighted by Crippen LogP contribution is 2.33. The van der Waals surface area contributed by atoms with E-state index >= 15 is 0 Å². The first-order valence-electron chi connectivity index (χ1n) is 9.38. The Morgan fingerprint density at radius 3 is 2.47 bits per heavy atom. The van der Waals surface area contributed by atoms with Crippen LogP contribution in [0.3, 0.4) is 0 Å². The van der Waals surface area contributed by atoms with Crippen molar-refractivity contribution in [2.75, 3.05) is 18.6 Å². The number of aliphatic hydroxyl groups excluding tert-OH is 1. The van der Waals surface area contributed by atoms with E-state index in [1.54, 1.807) is 17.7 Å². The predicted molar refractivity (Wildman–Crippen MR) is 113 cm³/mol. The van der Waals surface area contributed by atoms with Gasteiger partial charge in [0.25, 0.3) is 5.91 Å². The Kier molecular flexibility index (Phi) is 5.29. The van der Waals surface area contributed by atoms with Gasteiger partial charge < -0.3 is 5.11 Å². The number of aliphatic hydroxyl groups is 1.